The van der Waals surface area contributed by atoms with Crippen molar-refractivity contribution in [2.24, 2.45) is 11.8 Å². The molecule has 0 bridgehead atoms. The van der Waals surface area contributed by atoms with Gasteiger partial charge in [0, 0.05) is 11.8 Å². The van der Waals surface area contributed by atoms with E-state index in [1.807, 2.05) is 6.33 Å². The molecule has 3 aromatic heterocycles. The highest BCUT2D eigenvalue weighted by molar-refractivity contribution is 5.47. The maximum atomic E-state index is 5.38. The third-order valence-corrected chi connectivity index (χ3v) is 4.89. The van der Waals surface area contributed by atoms with Crippen molar-refractivity contribution in [3.05, 3.63) is 35.7 Å². The molecular formula is C17H20N6O2. The van der Waals surface area contributed by atoms with E-state index in [9.17, 15) is 0 Å². The first-order chi connectivity index (χ1) is 12.1. The molecule has 25 heavy (non-hydrogen) atoms. The minimum atomic E-state index is 0.418. The Morgan fingerprint density at radius 2 is 2.04 bits per heavy atom. The largest absolute Gasteiger partial charge is 0.480 e. The van der Waals surface area contributed by atoms with E-state index in [2.05, 4.69) is 43.7 Å². The lowest BCUT2D eigenvalue weighted by Gasteiger charge is -2.25. The monoisotopic (exact) mass is 340 g/mol. The lowest BCUT2D eigenvalue weighted by atomic mass is 9.82. The van der Waals surface area contributed by atoms with E-state index in [0.29, 0.717) is 41.7 Å². The Morgan fingerprint density at radius 3 is 2.80 bits per heavy atom. The van der Waals surface area contributed by atoms with Gasteiger partial charge in [-0.2, -0.15) is 4.98 Å². The number of methoxy groups -OCH3 is 1. The van der Waals surface area contributed by atoms with E-state index in [0.717, 1.165) is 12.8 Å². The summed E-state index contributed by atoms with van der Waals surface area (Å²) in [6, 6.07) is 3.47. The van der Waals surface area contributed by atoms with Gasteiger partial charge in [-0.05, 0) is 30.7 Å². The molecule has 0 unspecified atom stereocenters. The summed E-state index contributed by atoms with van der Waals surface area (Å²) in [6.45, 7) is 5.09. The summed E-state index contributed by atoms with van der Waals surface area (Å²) >= 11 is 0. The molecule has 130 valence electrons. The van der Waals surface area contributed by atoms with Crippen LogP contribution >= 0.6 is 0 Å². The Balaban J connectivity index is 1.54. The zero-order valence-corrected chi connectivity index (χ0v) is 14.5. The summed E-state index contributed by atoms with van der Waals surface area (Å²) in [5.74, 6) is 2.70. The van der Waals surface area contributed by atoms with Crippen molar-refractivity contribution < 1.29 is 9.26 Å². The third kappa shape index (κ3) is 2.99. The summed E-state index contributed by atoms with van der Waals surface area (Å²) in [6.07, 6.45) is 3.92. The maximum Gasteiger partial charge on any atom is 0.246 e. The third-order valence-electron chi connectivity index (χ3n) is 4.89. The molecule has 1 aliphatic carbocycles. The van der Waals surface area contributed by atoms with E-state index < -0.39 is 0 Å². The van der Waals surface area contributed by atoms with E-state index in [1.54, 1.807) is 19.2 Å². The molecule has 0 radical (unpaired) electrons. The first kappa shape index (κ1) is 15.7. The normalized spacial score (nSPS) is 19.6. The summed E-state index contributed by atoms with van der Waals surface area (Å²) in [4.78, 5) is 8.98. The van der Waals surface area contributed by atoms with Crippen molar-refractivity contribution in [1.82, 2.24) is 29.9 Å². The van der Waals surface area contributed by atoms with E-state index in [4.69, 9.17) is 9.26 Å². The molecule has 8 heteroatoms. The van der Waals surface area contributed by atoms with Gasteiger partial charge in [0.25, 0.3) is 0 Å². The molecule has 2 atom stereocenters. The highest BCUT2D eigenvalue weighted by atomic mass is 16.5. The van der Waals surface area contributed by atoms with Crippen LogP contribution in [0.4, 0.5) is 0 Å². The summed E-state index contributed by atoms with van der Waals surface area (Å²) in [5.41, 5.74) is 3.01. The Morgan fingerprint density at radius 1 is 1.20 bits per heavy atom. The smallest absolute Gasteiger partial charge is 0.246 e. The molecule has 0 aliphatic heterocycles. The zero-order chi connectivity index (χ0) is 17.4. The molecule has 3 aromatic rings. The van der Waals surface area contributed by atoms with E-state index in [1.165, 1.54) is 11.4 Å². The minimum Gasteiger partial charge on any atom is -0.480 e. The molecule has 0 saturated heterocycles. The lowest BCUT2D eigenvalue weighted by molar-refractivity contribution is 0.341. The Kier molecular flexibility index (Phi) is 3.95. The van der Waals surface area contributed by atoms with Gasteiger partial charge in [0.2, 0.25) is 17.6 Å². The van der Waals surface area contributed by atoms with Crippen molar-refractivity contribution in [2.45, 2.75) is 33.2 Å². The number of ether oxygens (including phenoxy) is 1. The van der Waals surface area contributed by atoms with Crippen LogP contribution in [0.3, 0.4) is 0 Å². The fourth-order valence-electron chi connectivity index (χ4n) is 3.12. The average molecular weight is 340 g/mol. The van der Waals surface area contributed by atoms with Crippen LogP contribution in [0, 0.1) is 11.8 Å². The van der Waals surface area contributed by atoms with E-state index >= 15 is 0 Å². The molecule has 3 heterocycles. The van der Waals surface area contributed by atoms with E-state index in [-0.39, 0.29) is 0 Å². The highest BCUT2D eigenvalue weighted by Crippen LogP contribution is 2.29. The fourth-order valence-corrected chi connectivity index (χ4v) is 3.12. The van der Waals surface area contributed by atoms with Gasteiger partial charge >= 0.3 is 0 Å². The van der Waals surface area contributed by atoms with Crippen LogP contribution in [-0.4, -0.2) is 37.0 Å². The second kappa shape index (κ2) is 6.27. The van der Waals surface area contributed by atoms with Crippen LogP contribution in [0.1, 0.15) is 31.1 Å². The Labute approximate surface area is 145 Å². The summed E-state index contributed by atoms with van der Waals surface area (Å²) in [5, 5.41) is 12.0. The van der Waals surface area contributed by atoms with Gasteiger partial charge in [-0.15, -0.1) is 10.2 Å². The van der Waals surface area contributed by atoms with Gasteiger partial charge in [0.1, 0.15) is 12.2 Å². The number of aromatic nitrogens is 6. The SMILES string of the molecule is COc1ccc(-c2noc(Cn3cnc4c3C[C@@H](C)[C@H](C)C4)n2)nn1. The van der Waals surface area contributed by atoms with Gasteiger partial charge in [-0.25, -0.2) is 4.98 Å². The Bertz CT molecular complexity index is 870. The topological polar surface area (TPSA) is 91.8 Å². The number of hydrogen-bond acceptors (Lipinski definition) is 7. The molecule has 0 aromatic carbocycles. The average Bonchev–Trinajstić information content (AvgIpc) is 3.24. The van der Waals surface area contributed by atoms with Crippen LogP contribution in [0.5, 0.6) is 5.88 Å². The predicted octanol–water partition coefficient (Wildman–Crippen LogP) is 2.15. The summed E-state index contributed by atoms with van der Waals surface area (Å²) < 4.78 is 12.5. The van der Waals surface area contributed by atoms with Gasteiger partial charge in [-0.3, -0.25) is 0 Å². The minimum absolute atomic E-state index is 0.418. The number of rotatable bonds is 4. The van der Waals surface area contributed by atoms with Crippen molar-refractivity contribution in [3.63, 3.8) is 0 Å². The van der Waals surface area contributed by atoms with Crippen molar-refractivity contribution in [1.29, 1.82) is 0 Å². The maximum absolute atomic E-state index is 5.38. The molecule has 8 nitrogen and oxygen atoms in total. The molecule has 4 rings (SSSR count). The molecular weight excluding hydrogens is 320 g/mol. The number of imidazole rings is 1. The predicted molar refractivity (Wildman–Crippen MR) is 88.9 cm³/mol. The van der Waals surface area contributed by atoms with Crippen molar-refractivity contribution in [3.8, 4) is 17.4 Å². The number of nitrogens with zero attached hydrogens (tertiary/aromatic N) is 6. The first-order valence-electron chi connectivity index (χ1n) is 8.37. The van der Waals surface area contributed by atoms with Crippen LogP contribution in [0.25, 0.3) is 11.5 Å². The quantitative estimate of drug-likeness (QED) is 0.718. The molecule has 0 saturated carbocycles. The standard InChI is InChI=1S/C17H20N6O2/c1-10-6-13-14(7-11(10)2)23(9-18-13)8-16-19-17(22-25-16)12-4-5-15(24-3)21-20-12/h4-5,9-11H,6-8H2,1-3H3/t10-,11-/m1/s1. The summed E-state index contributed by atoms with van der Waals surface area (Å²) in [7, 11) is 1.55. The van der Waals surface area contributed by atoms with Gasteiger partial charge in [0.05, 0.1) is 19.1 Å². The van der Waals surface area contributed by atoms with Crippen LogP contribution < -0.4 is 4.74 Å². The molecule has 0 amide bonds. The van der Waals surface area contributed by atoms with Crippen LogP contribution in [-0.2, 0) is 19.4 Å². The highest BCUT2D eigenvalue weighted by Gasteiger charge is 2.26. The van der Waals surface area contributed by atoms with Gasteiger partial charge < -0.3 is 13.8 Å². The van der Waals surface area contributed by atoms with Crippen molar-refractivity contribution in [2.75, 3.05) is 7.11 Å². The molecule has 0 N–H and O–H groups in total. The lowest BCUT2D eigenvalue weighted by Crippen LogP contribution is -2.22. The zero-order valence-electron chi connectivity index (χ0n) is 14.5. The number of hydrogen-bond donors (Lipinski definition) is 0. The molecule has 0 spiro atoms. The first-order valence-corrected chi connectivity index (χ1v) is 8.37. The van der Waals surface area contributed by atoms with Crippen LogP contribution in [0.2, 0.25) is 0 Å². The van der Waals surface area contributed by atoms with Crippen molar-refractivity contribution >= 4 is 0 Å². The number of fused-ring (bicyclic) bond motifs is 1. The molecule has 0 fully saturated rings. The second-order valence-corrected chi connectivity index (χ2v) is 6.60. The Hall–Kier alpha value is -2.77. The molecule has 1 aliphatic rings. The van der Waals surface area contributed by atoms with Crippen LogP contribution in [0.15, 0.2) is 23.0 Å². The van der Waals surface area contributed by atoms with Gasteiger partial charge in [0.15, 0.2) is 0 Å². The second-order valence-electron chi connectivity index (χ2n) is 6.60. The van der Waals surface area contributed by atoms with Gasteiger partial charge in [-0.1, -0.05) is 19.0 Å². The fraction of sp³-hybridized carbons (Fsp3) is 0.471.